The largest absolute Gasteiger partial charge is 0.524 e. The highest BCUT2D eigenvalue weighted by Crippen LogP contribution is 2.40. The van der Waals surface area contributed by atoms with Crippen LogP contribution in [0.15, 0.2) is 35.2 Å². The smallest absolute Gasteiger partial charge is 0.404 e. The molecule has 6 nitrogen and oxygen atoms in total. The maximum absolute atomic E-state index is 10.8. The van der Waals surface area contributed by atoms with Crippen LogP contribution in [-0.2, 0) is 4.57 Å². The van der Waals surface area contributed by atoms with E-state index in [4.69, 9.17) is 14.3 Å². The lowest BCUT2D eigenvalue weighted by Gasteiger charge is -2.10. The molecule has 1 heterocycles. The van der Waals surface area contributed by atoms with E-state index in [1.807, 2.05) is 0 Å². The van der Waals surface area contributed by atoms with Crippen molar-refractivity contribution < 1.29 is 23.4 Å². The molecule has 0 saturated carbocycles. The van der Waals surface area contributed by atoms with E-state index in [2.05, 4.69) is 9.68 Å². The third kappa shape index (κ3) is 2.94. The Labute approximate surface area is 97.1 Å². The molecular formula is C10H10NO5P. The second-order valence-electron chi connectivity index (χ2n) is 3.48. The van der Waals surface area contributed by atoms with Crippen molar-refractivity contribution in [1.82, 2.24) is 5.16 Å². The van der Waals surface area contributed by atoms with Crippen LogP contribution in [0.2, 0.25) is 0 Å². The third-order valence-corrected chi connectivity index (χ3v) is 2.61. The van der Waals surface area contributed by atoms with Crippen molar-refractivity contribution in [3.63, 3.8) is 0 Å². The topological polar surface area (TPSA) is 92.8 Å². The third-order valence-electron chi connectivity index (χ3n) is 2.17. The van der Waals surface area contributed by atoms with E-state index >= 15 is 0 Å². The van der Waals surface area contributed by atoms with Crippen molar-refractivity contribution in [2.75, 3.05) is 0 Å². The van der Waals surface area contributed by atoms with Crippen molar-refractivity contribution in [2.24, 2.45) is 0 Å². The highest BCUT2D eigenvalue weighted by atomic mass is 31.2. The van der Waals surface area contributed by atoms with Crippen LogP contribution < -0.4 is 4.52 Å². The van der Waals surface area contributed by atoms with Crippen LogP contribution in [0.4, 0.5) is 0 Å². The Morgan fingerprint density at radius 1 is 1.35 bits per heavy atom. The summed E-state index contributed by atoms with van der Waals surface area (Å²) in [5.74, 6) is 0.136. The lowest BCUT2D eigenvalue weighted by molar-refractivity contribution is 0.282. The molecule has 0 saturated heterocycles. The van der Waals surface area contributed by atoms with E-state index in [0.717, 1.165) is 0 Å². The number of hydrogen-bond acceptors (Lipinski definition) is 4. The molecule has 0 bridgehead atoms. The zero-order chi connectivity index (χ0) is 12.5. The molecule has 2 aromatic rings. The number of phosphoric ester groups is 1. The second kappa shape index (κ2) is 4.33. The first kappa shape index (κ1) is 11.9. The van der Waals surface area contributed by atoms with Crippen LogP contribution in [0.3, 0.4) is 0 Å². The minimum Gasteiger partial charge on any atom is -0.404 e. The second-order valence-corrected chi connectivity index (χ2v) is 4.64. The molecule has 0 aliphatic carbocycles. The fourth-order valence-corrected chi connectivity index (χ4v) is 1.81. The molecule has 90 valence electrons. The molecule has 0 spiro atoms. The number of aryl methyl sites for hydroxylation is 1. The Morgan fingerprint density at radius 2 is 2.12 bits per heavy atom. The van der Waals surface area contributed by atoms with Gasteiger partial charge in [0.1, 0.15) is 12.0 Å². The lowest BCUT2D eigenvalue weighted by Crippen LogP contribution is -1.92. The maximum Gasteiger partial charge on any atom is 0.524 e. The summed E-state index contributed by atoms with van der Waals surface area (Å²) in [5, 5.41) is 3.56. The standard InChI is InChI=1S/C10H10NO5P/c1-7-2-3-8(9-5-11-15-6-9)4-10(7)16-17(12,13)14/h2-6H,1H3,(H2,12,13,14). The van der Waals surface area contributed by atoms with Gasteiger partial charge in [-0.2, -0.15) is 0 Å². The van der Waals surface area contributed by atoms with Gasteiger partial charge in [-0.1, -0.05) is 17.3 Å². The average Bonchev–Trinajstić information content (AvgIpc) is 2.72. The number of hydrogen-bond donors (Lipinski definition) is 2. The number of aromatic nitrogens is 1. The van der Waals surface area contributed by atoms with Gasteiger partial charge in [0.25, 0.3) is 0 Å². The van der Waals surface area contributed by atoms with Gasteiger partial charge in [0, 0.05) is 5.56 Å². The molecule has 0 aliphatic heterocycles. The first-order chi connectivity index (χ1) is 7.96. The van der Waals surface area contributed by atoms with Gasteiger partial charge in [-0.3, -0.25) is 9.79 Å². The molecule has 0 aliphatic rings. The number of nitrogens with zero attached hydrogens (tertiary/aromatic N) is 1. The predicted octanol–water partition coefficient (Wildman–Crippen LogP) is 2.12. The molecule has 0 radical (unpaired) electrons. The highest BCUT2D eigenvalue weighted by molar-refractivity contribution is 7.46. The Balaban J connectivity index is 2.40. The molecule has 0 fully saturated rings. The van der Waals surface area contributed by atoms with Crippen molar-refractivity contribution >= 4 is 7.82 Å². The molecule has 1 aromatic heterocycles. The zero-order valence-electron chi connectivity index (χ0n) is 8.90. The Morgan fingerprint density at radius 3 is 2.71 bits per heavy atom. The van der Waals surface area contributed by atoms with Crippen molar-refractivity contribution in [3.8, 4) is 16.9 Å². The van der Waals surface area contributed by atoms with Crippen LogP contribution >= 0.6 is 7.82 Å². The SMILES string of the molecule is Cc1ccc(-c2cnoc2)cc1OP(=O)(O)O. The summed E-state index contributed by atoms with van der Waals surface area (Å²) in [5.41, 5.74) is 2.05. The molecule has 0 atom stereocenters. The lowest BCUT2D eigenvalue weighted by atomic mass is 10.1. The summed E-state index contributed by atoms with van der Waals surface area (Å²) in [6.45, 7) is 1.70. The fourth-order valence-electron chi connectivity index (χ4n) is 1.35. The molecule has 1 aromatic carbocycles. The van der Waals surface area contributed by atoms with Gasteiger partial charge in [-0.15, -0.1) is 0 Å². The van der Waals surface area contributed by atoms with Crippen LogP contribution in [0.1, 0.15) is 5.56 Å². The van der Waals surface area contributed by atoms with Crippen LogP contribution in [-0.4, -0.2) is 14.9 Å². The molecule has 0 amide bonds. The van der Waals surface area contributed by atoms with Gasteiger partial charge in [-0.25, -0.2) is 4.57 Å². The van der Waals surface area contributed by atoms with Gasteiger partial charge >= 0.3 is 7.82 Å². The molecule has 2 rings (SSSR count). The van der Waals surface area contributed by atoms with Crippen molar-refractivity contribution in [3.05, 3.63) is 36.2 Å². The summed E-state index contributed by atoms with van der Waals surface area (Å²) < 4.78 is 20.1. The Hall–Kier alpha value is -1.62. The van der Waals surface area contributed by atoms with Gasteiger partial charge in [0.15, 0.2) is 0 Å². The maximum atomic E-state index is 10.8. The van der Waals surface area contributed by atoms with E-state index < -0.39 is 7.82 Å². The van der Waals surface area contributed by atoms with Gasteiger partial charge in [0.2, 0.25) is 0 Å². The predicted molar refractivity (Wildman–Crippen MR) is 59.3 cm³/mol. The molecule has 7 heteroatoms. The highest BCUT2D eigenvalue weighted by Gasteiger charge is 2.17. The van der Waals surface area contributed by atoms with Crippen LogP contribution in [0.25, 0.3) is 11.1 Å². The summed E-state index contributed by atoms with van der Waals surface area (Å²) >= 11 is 0. The molecule has 2 N–H and O–H groups in total. The van der Waals surface area contributed by atoms with Crippen LogP contribution in [0, 0.1) is 6.92 Å². The van der Waals surface area contributed by atoms with Gasteiger partial charge in [-0.05, 0) is 24.1 Å². The average molecular weight is 255 g/mol. The molecule has 17 heavy (non-hydrogen) atoms. The summed E-state index contributed by atoms with van der Waals surface area (Å²) in [6.07, 6.45) is 2.94. The number of benzene rings is 1. The number of phosphoric acid groups is 1. The van der Waals surface area contributed by atoms with Crippen molar-refractivity contribution in [2.45, 2.75) is 6.92 Å². The normalized spacial score (nSPS) is 11.5. The van der Waals surface area contributed by atoms with E-state index in [1.165, 1.54) is 18.5 Å². The van der Waals surface area contributed by atoms with Gasteiger partial charge in [0.05, 0.1) is 6.20 Å². The van der Waals surface area contributed by atoms with E-state index in [1.54, 1.807) is 19.1 Å². The molecular weight excluding hydrogens is 245 g/mol. The first-order valence-corrected chi connectivity index (χ1v) is 6.24. The van der Waals surface area contributed by atoms with E-state index in [-0.39, 0.29) is 5.75 Å². The summed E-state index contributed by atoms with van der Waals surface area (Å²) in [7, 11) is -4.55. The van der Waals surface area contributed by atoms with Crippen LogP contribution in [0.5, 0.6) is 5.75 Å². The Bertz CT molecular complexity index is 560. The minimum atomic E-state index is -4.55. The van der Waals surface area contributed by atoms with E-state index in [9.17, 15) is 4.57 Å². The quantitative estimate of drug-likeness (QED) is 0.816. The van der Waals surface area contributed by atoms with Crippen molar-refractivity contribution in [1.29, 1.82) is 0 Å². The fraction of sp³-hybridized carbons (Fsp3) is 0.100. The van der Waals surface area contributed by atoms with Gasteiger partial charge < -0.3 is 9.05 Å². The zero-order valence-corrected chi connectivity index (χ0v) is 9.79. The summed E-state index contributed by atoms with van der Waals surface area (Å²) in [6, 6.07) is 5.02. The first-order valence-electron chi connectivity index (χ1n) is 4.71. The number of rotatable bonds is 3. The monoisotopic (exact) mass is 255 g/mol. The molecule has 0 unspecified atom stereocenters. The summed E-state index contributed by atoms with van der Waals surface area (Å²) in [4.78, 5) is 17.6. The Kier molecular flexibility index (Phi) is 3.02. The minimum absolute atomic E-state index is 0.136. The van der Waals surface area contributed by atoms with E-state index in [0.29, 0.717) is 16.7 Å².